The first-order valence-electron chi connectivity index (χ1n) is 7.30. The van der Waals surface area contributed by atoms with Crippen LogP contribution in [0.1, 0.15) is 32.8 Å². The topological polar surface area (TPSA) is 69.6 Å². The highest BCUT2D eigenvalue weighted by Crippen LogP contribution is 2.32. The number of carbonyl (C=O) groups excluding carboxylic acids is 1. The van der Waals surface area contributed by atoms with Gasteiger partial charge in [0.15, 0.2) is 0 Å². The fourth-order valence-electron chi connectivity index (χ4n) is 2.88. The second-order valence-electron chi connectivity index (χ2n) is 6.04. The number of nitrogens with one attached hydrogen (secondary N) is 1. The highest BCUT2D eigenvalue weighted by atomic mass is 16.4. The zero-order valence-electron chi connectivity index (χ0n) is 12.7. The van der Waals surface area contributed by atoms with E-state index < -0.39 is 12.0 Å². The van der Waals surface area contributed by atoms with Gasteiger partial charge in [0, 0.05) is 18.2 Å². The number of fused-ring (bicyclic) bond motifs is 1. The molecule has 2 N–H and O–H groups in total. The molecule has 1 unspecified atom stereocenters. The third-order valence-corrected chi connectivity index (χ3v) is 3.67. The number of urea groups is 1. The van der Waals surface area contributed by atoms with Crippen LogP contribution in [0.15, 0.2) is 24.3 Å². The highest BCUT2D eigenvalue weighted by molar-refractivity contribution is 6.01. The van der Waals surface area contributed by atoms with Crippen molar-refractivity contribution in [3.05, 3.63) is 29.8 Å². The van der Waals surface area contributed by atoms with Gasteiger partial charge in [0.05, 0.1) is 0 Å². The van der Waals surface area contributed by atoms with Gasteiger partial charge < -0.3 is 10.4 Å². The molecule has 1 aromatic carbocycles. The Hall–Kier alpha value is -2.04. The molecule has 0 spiro atoms. The first-order chi connectivity index (χ1) is 9.90. The van der Waals surface area contributed by atoms with Crippen molar-refractivity contribution in [2.75, 3.05) is 4.90 Å². The maximum Gasteiger partial charge on any atom is 0.327 e. The molecular weight excluding hydrogens is 268 g/mol. The lowest BCUT2D eigenvalue weighted by Crippen LogP contribution is -2.50. The van der Waals surface area contributed by atoms with Crippen molar-refractivity contribution >= 4 is 17.7 Å². The molecule has 0 radical (unpaired) electrons. The number of para-hydroxylation sites is 1. The van der Waals surface area contributed by atoms with E-state index in [9.17, 15) is 14.7 Å². The monoisotopic (exact) mass is 290 g/mol. The maximum atomic E-state index is 12.5. The van der Waals surface area contributed by atoms with Crippen molar-refractivity contribution in [3.8, 4) is 0 Å². The molecule has 0 saturated heterocycles. The van der Waals surface area contributed by atoms with Gasteiger partial charge in [0.2, 0.25) is 0 Å². The van der Waals surface area contributed by atoms with Gasteiger partial charge in [-0.05, 0) is 30.9 Å². The summed E-state index contributed by atoms with van der Waals surface area (Å²) in [5, 5.41) is 12.3. The summed E-state index contributed by atoms with van der Waals surface area (Å²) in [6.45, 7) is 6.12. The summed E-state index contributed by atoms with van der Waals surface area (Å²) in [7, 11) is 0. The van der Waals surface area contributed by atoms with Gasteiger partial charge in [-0.3, -0.25) is 4.90 Å². The number of rotatable bonds is 4. The first kappa shape index (κ1) is 15.4. The second-order valence-corrected chi connectivity index (χ2v) is 6.04. The van der Waals surface area contributed by atoms with Crippen LogP contribution in [0.4, 0.5) is 10.5 Å². The number of hydrogen-bond donors (Lipinski definition) is 2. The Bertz CT molecular complexity index is 542. The quantitative estimate of drug-likeness (QED) is 0.895. The van der Waals surface area contributed by atoms with E-state index in [1.807, 2.05) is 25.1 Å². The smallest absolute Gasteiger partial charge is 0.327 e. The summed E-state index contributed by atoms with van der Waals surface area (Å²) in [5.41, 5.74) is 1.59. The molecule has 1 heterocycles. The molecule has 2 atom stereocenters. The lowest BCUT2D eigenvalue weighted by molar-refractivity contribution is -0.138. The van der Waals surface area contributed by atoms with E-state index in [0.717, 1.165) is 12.0 Å². The molecule has 0 aliphatic carbocycles. The summed E-state index contributed by atoms with van der Waals surface area (Å²) < 4.78 is 0. The number of aliphatic carboxylic acids is 1. The van der Waals surface area contributed by atoms with E-state index in [1.54, 1.807) is 6.07 Å². The number of nitrogens with zero attached hydrogens (tertiary/aromatic N) is 1. The van der Waals surface area contributed by atoms with Crippen molar-refractivity contribution in [3.63, 3.8) is 0 Å². The Kier molecular flexibility index (Phi) is 4.50. The second kappa shape index (κ2) is 6.16. The van der Waals surface area contributed by atoms with Gasteiger partial charge in [0.25, 0.3) is 0 Å². The Morgan fingerprint density at radius 1 is 1.33 bits per heavy atom. The summed E-state index contributed by atoms with van der Waals surface area (Å²) in [4.78, 5) is 25.3. The van der Waals surface area contributed by atoms with Crippen LogP contribution < -0.4 is 10.2 Å². The van der Waals surface area contributed by atoms with E-state index in [0.29, 0.717) is 18.0 Å². The van der Waals surface area contributed by atoms with Crippen LogP contribution in [0, 0.1) is 5.92 Å². The molecule has 21 heavy (non-hydrogen) atoms. The minimum atomic E-state index is -0.974. The highest BCUT2D eigenvalue weighted by Gasteiger charge is 2.38. The largest absolute Gasteiger partial charge is 0.480 e. The van der Waals surface area contributed by atoms with Gasteiger partial charge in [-0.25, -0.2) is 9.59 Å². The molecule has 0 aromatic heterocycles. The summed E-state index contributed by atoms with van der Waals surface area (Å²) >= 11 is 0. The lowest BCUT2D eigenvalue weighted by Gasteiger charge is -2.25. The molecule has 0 fully saturated rings. The number of hydrogen-bond acceptors (Lipinski definition) is 2. The lowest BCUT2D eigenvalue weighted by atomic mass is 10.1. The van der Waals surface area contributed by atoms with Crippen LogP contribution in [-0.2, 0) is 11.2 Å². The van der Waals surface area contributed by atoms with Crippen LogP contribution >= 0.6 is 0 Å². The SMILES string of the molecule is CC(C)CC(C)NC(=O)N1c2ccccc2C[C@H]1C(=O)O. The molecule has 5 nitrogen and oxygen atoms in total. The third-order valence-electron chi connectivity index (χ3n) is 3.67. The van der Waals surface area contributed by atoms with Gasteiger partial charge >= 0.3 is 12.0 Å². The number of amides is 2. The molecule has 1 aromatic rings. The molecule has 5 heteroatoms. The van der Waals surface area contributed by atoms with Gasteiger partial charge in [0.1, 0.15) is 6.04 Å². The molecular formula is C16H22N2O3. The molecule has 2 amide bonds. The molecule has 0 saturated carbocycles. The maximum absolute atomic E-state index is 12.5. The standard InChI is InChI=1S/C16H22N2O3/c1-10(2)8-11(3)17-16(21)18-13-7-5-4-6-12(13)9-14(18)15(19)20/h4-7,10-11,14H,8-9H2,1-3H3,(H,17,21)(H,19,20)/t11?,14-/m0/s1. The minimum Gasteiger partial charge on any atom is -0.480 e. The Morgan fingerprint density at radius 2 is 2.00 bits per heavy atom. The van der Waals surface area contributed by atoms with Crippen molar-refractivity contribution in [2.45, 2.75) is 45.7 Å². The fraction of sp³-hybridized carbons (Fsp3) is 0.500. The zero-order valence-corrected chi connectivity index (χ0v) is 12.7. The predicted molar refractivity (Wildman–Crippen MR) is 81.5 cm³/mol. The van der Waals surface area contributed by atoms with E-state index in [1.165, 1.54) is 4.90 Å². The average molecular weight is 290 g/mol. The van der Waals surface area contributed by atoms with Crippen molar-refractivity contribution in [1.82, 2.24) is 5.32 Å². The number of benzene rings is 1. The normalized spacial score (nSPS) is 18.5. The Balaban J connectivity index is 2.18. The number of carboxylic acid groups (broad SMARTS) is 1. The van der Waals surface area contributed by atoms with E-state index in [-0.39, 0.29) is 12.1 Å². The predicted octanol–water partition coefficient (Wildman–Crippen LogP) is 2.65. The van der Waals surface area contributed by atoms with Crippen LogP contribution in [0.2, 0.25) is 0 Å². The van der Waals surface area contributed by atoms with Crippen molar-refractivity contribution < 1.29 is 14.7 Å². The van der Waals surface area contributed by atoms with Crippen LogP contribution in [-0.4, -0.2) is 29.2 Å². The van der Waals surface area contributed by atoms with E-state index >= 15 is 0 Å². The van der Waals surface area contributed by atoms with Crippen molar-refractivity contribution in [1.29, 1.82) is 0 Å². The van der Waals surface area contributed by atoms with Crippen LogP contribution in [0.5, 0.6) is 0 Å². The van der Waals surface area contributed by atoms with Gasteiger partial charge in [-0.15, -0.1) is 0 Å². The number of carbonyl (C=O) groups is 2. The van der Waals surface area contributed by atoms with E-state index in [4.69, 9.17) is 0 Å². The molecule has 1 aliphatic rings. The summed E-state index contributed by atoms with van der Waals surface area (Å²) in [6, 6.07) is 6.21. The van der Waals surface area contributed by atoms with Crippen LogP contribution in [0.25, 0.3) is 0 Å². The average Bonchev–Trinajstić information content (AvgIpc) is 2.76. The molecule has 0 bridgehead atoms. The molecule has 2 rings (SSSR count). The zero-order chi connectivity index (χ0) is 15.6. The fourth-order valence-corrected chi connectivity index (χ4v) is 2.88. The summed E-state index contributed by atoms with van der Waals surface area (Å²) in [5.74, 6) is -0.501. The molecule has 114 valence electrons. The van der Waals surface area contributed by atoms with E-state index in [2.05, 4.69) is 19.2 Å². The first-order valence-corrected chi connectivity index (χ1v) is 7.30. The number of carboxylic acids is 1. The Morgan fingerprint density at radius 3 is 2.62 bits per heavy atom. The van der Waals surface area contributed by atoms with Crippen molar-refractivity contribution in [2.24, 2.45) is 5.92 Å². The Labute approximate surface area is 125 Å². The number of anilines is 1. The third kappa shape index (κ3) is 3.35. The summed E-state index contributed by atoms with van der Waals surface area (Å²) in [6.07, 6.45) is 1.22. The molecule has 1 aliphatic heterocycles. The van der Waals surface area contributed by atoms with Gasteiger partial charge in [-0.1, -0.05) is 32.0 Å². The van der Waals surface area contributed by atoms with Gasteiger partial charge in [-0.2, -0.15) is 0 Å². The minimum absolute atomic E-state index is 0.0136. The van der Waals surface area contributed by atoms with Crippen LogP contribution in [0.3, 0.4) is 0 Å².